The summed E-state index contributed by atoms with van der Waals surface area (Å²) in [6.07, 6.45) is 1.42. The van der Waals surface area contributed by atoms with Crippen molar-refractivity contribution in [2.45, 2.75) is 13.0 Å². The number of nitro benzene ring substituents is 1. The highest BCUT2D eigenvalue weighted by Gasteiger charge is 2.13. The summed E-state index contributed by atoms with van der Waals surface area (Å²) in [5.74, 6) is -0.666. The fourth-order valence-corrected chi connectivity index (χ4v) is 2.56. The summed E-state index contributed by atoms with van der Waals surface area (Å²) >= 11 is 0. The molecule has 3 amide bonds. The van der Waals surface area contributed by atoms with E-state index in [2.05, 4.69) is 20.9 Å². The maximum atomic E-state index is 12.2. The van der Waals surface area contributed by atoms with Crippen LogP contribution in [0.2, 0.25) is 0 Å². The highest BCUT2D eigenvalue weighted by Crippen LogP contribution is 2.18. The summed E-state index contributed by atoms with van der Waals surface area (Å²) in [5, 5.41) is 23.6. The molecule has 0 radical (unpaired) electrons. The summed E-state index contributed by atoms with van der Waals surface area (Å²) < 4.78 is 1.41. The third kappa shape index (κ3) is 4.71. The van der Waals surface area contributed by atoms with Gasteiger partial charge in [0.2, 0.25) is 0 Å². The number of nitro groups is 1. The quantitative estimate of drug-likeness (QED) is 0.428. The second-order valence-electron chi connectivity index (χ2n) is 6.13. The van der Waals surface area contributed by atoms with Crippen LogP contribution in [0.15, 0.2) is 54.7 Å². The molecule has 0 aliphatic carbocycles. The molecule has 1 atom stereocenters. The van der Waals surface area contributed by atoms with Gasteiger partial charge in [0.15, 0.2) is 5.69 Å². The first-order valence-corrected chi connectivity index (χ1v) is 8.48. The number of rotatable bonds is 6. The number of hydrogen-bond acceptors (Lipinski definition) is 6. The van der Waals surface area contributed by atoms with Crippen molar-refractivity contribution in [1.82, 2.24) is 20.3 Å². The van der Waals surface area contributed by atoms with Gasteiger partial charge in [0.25, 0.3) is 11.6 Å². The van der Waals surface area contributed by atoms with Crippen LogP contribution >= 0.6 is 0 Å². The van der Waals surface area contributed by atoms with Crippen LogP contribution in [0.3, 0.4) is 0 Å². The molecule has 0 saturated heterocycles. The van der Waals surface area contributed by atoms with Gasteiger partial charge in [-0.3, -0.25) is 14.9 Å². The minimum Gasteiger partial charge on any atom is -0.364 e. The zero-order chi connectivity index (χ0) is 21.0. The van der Waals surface area contributed by atoms with E-state index in [0.717, 1.165) is 5.56 Å². The molecular weight excluding hydrogens is 378 g/mol. The zero-order valence-corrected chi connectivity index (χ0v) is 15.3. The molecule has 2 aromatic carbocycles. The van der Waals surface area contributed by atoms with E-state index in [0.29, 0.717) is 11.4 Å². The van der Waals surface area contributed by atoms with Crippen molar-refractivity contribution in [3.63, 3.8) is 0 Å². The highest BCUT2D eigenvalue weighted by atomic mass is 16.6. The maximum Gasteiger partial charge on any atom is 0.319 e. The van der Waals surface area contributed by atoms with E-state index in [4.69, 9.17) is 5.73 Å². The molecule has 0 bridgehead atoms. The Balaban J connectivity index is 1.63. The van der Waals surface area contributed by atoms with Gasteiger partial charge < -0.3 is 16.4 Å². The van der Waals surface area contributed by atoms with E-state index in [9.17, 15) is 19.7 Å². The SMILES string of the molecule is C[C@@H](NC(=O)Nc1cccc([N+](=O)[O-])c1)c1ccc(-n2cc(C(N)=O)nn2)cc1. The van der Waals surface area contributed by atoms with Crippen LogP contribution in [0.25, 0.3) is 5.69 Å². The first-order chi connectivity index (χ1) is 13.8. The van der Waals surface area contributed by atoms with E-state index >= 15 is 0 Å². The van der Waals surface area contributed by atoms with Crippen molar-refractivity contribution in [2.24, 2.45) is 5.73 Å². The lowest BCUT2D eigenvalue weighted by molar-refractivity contribution is -0.384. The topological polar surface area (TPSA) is 158 Å². The van der Waals surface area contributed by atoms with Gasteiger partial charge in [-0.05, 0) is 30.7 Å². The van der Waals surface area contributed by atoms with Crippen molar-refractivity contribution in [3.05, 3.63) is 76.1 Å². The Morgan fingerprint density at radius 1 is 1.21 bits per heavy atom. The number of amides is 3. The molecule has 1 heterocycles. The van der Waals surface area contributed by atoms with Crippen LogP contribution in [-0.4, -0.2) is 31.9 Å². The minimum absolute atomic E-state index is 0.0573. The number of nitrogens with two attached hydrogens (primary N) is 1. The molecule has 0 aliphatic rings. The van der Waals surface area contributed by atoms with Crippen LogP contribution in [0.5, 0.6) is 0 Å². The number of urea groups is 1. The Labute approximate surface area is 164 Å². The highest BCUT2D eigenvalue weighted by molar-refractivity contribution is 5.90. The van der Waals surface area contributed by atoms with Crippen LogP contribution in [0.1, 0.15) is 29.0 Å². The van der Waals surface area contributed by atoms with Gasteiger partial charge in [-0.2, -0.15) is 0 Å². The molecule has 4 N–H and O–H groups in total. The molecule has 3 rings (SSSR count). The lowest BCUT2D eigenvalue weighted by Crippen LogP contribution is -2.31. The van der Waals surface area contributed by atoms with Gasteiger partial charge >= 0.3 is 6.03 Å². The summed E-state index contributed by atoms with van der Waals surface area (Å²) in [6, 6.07) is 11.9. The van der Waals surface area contributed by atoms with Gasteiger partial charge in [0.05, 0.1) is 22.8 Å². The van der Waals surface area contributed by atoms with E-state index in [1.165, 1.54) is 29.1 Å². The molecule has 3 aromatic rings. The monoisotopic (exact) mass is 395 g/mol. The van der Waals surface area contributed by atoms with Crippen LogP contribution < -0.4 is 16.4 Å². The smallest absolute Gasteiger partial charge is 0.319 e. The number of non-ortho nitro benzene ring substituents is 1. The molecule has 0 spiro atoms. The summed E-state index contributed by atoms with van der Waals surface area (Å²) in [7, 11) is 0. The second kappa shape index (κ2) is 8.17. The number of primary amides is 1. The lowest BCUT2D eigenvalue weighted by Gasteiger charge is -2.15. The Hall–Kier alpha value is -4.28. The molecule has 0 saturated carbocycles. The maximum absolute atomic E-state index is 12.2. The van der Waals surface area contributed by atoms with E-state index in [1.807, 2.05) is 0 Å². The Bertz CT molecular complexity index is 1060. The average molecular weight is 395 g/mol. The Morgan fingerprint density at radius 2 is 1.93 bits per heavy atom. The Kier molecular flexibility index (Phi) is 5.49. The molecule has 11 nitrogen and oxygen atoms in total. The van der Waals surface area contributed by atoms with Crippen LogP contribution in [0, 0.1) is 10.1 Å². The minimum atomic E-state index is -0.666. The average Bonchev–Trinajstić information content (AvgIpc) is 3.18. The van der Waals surface area contributed by atoms with Crippen LogP contribution in [-0.2, 0) is 0 Å². The number of nitrogens with one attached hydrogen (secondary N) is 2. The predicted molar refractivity (Wildman–Crippen MR) is 104 cm³/mol. The number of carbonyl (C=O) groups is 2. The molecule has 1 aromatic heterocycles. The number of benzene rings is 2. The molecule has 0 fully saturated rings. The van der Waals surface area contributed by atoms with Crippen molar-refractivity contribution in [2.75, 3.05) is 5.32 Å². The summed E-state index contributed by atoms with van der Waals surface area (Å²) in [4.78, 5) is 33.6. The first-order valence-electron chi connectivity index (χ1n) is 8.48. The fourth-order valence-electron chi connectivity index (χ4n) is 2.56. The first kappa shape index (κ1) is 19.5. The van der Waals surface area contributed by atoms with Crippen molar-refractivity contribution in [3.8, 4) is 5.69 Å². The number of anilines is 1. The van der Waals surface area contributed by atoms with Crippen molar-refractivity contribution in [1.29, 1.82) is 0 Å². The van der Waals surface area contributed by atoms with E-state index < -0.39 is 16.9 Å². The number of nitrogens with zero attached hydrogens (tertiary/aromatic N) is 4. The standard InChI is InChI=1S/C18H17N7O4/c1-11(20-18(27)21-13-3-2-4-15(9-13)25(28)29)12-5-7-14(8-6-12)24-10-16(17(19)26)22-23-24/h2-11H,1H3,(H2,19,26)(H2,20,21,27)/t11-/m1/s1. The lowest BCUT2D eigenvalue weighted by atomic mass is 10.1. The largest absolute Gasteiger partial charge is 0.364 e. The van der Waals surface area contributed by atoms with Gasteiger partial charge in [-0.1, -0.05) is 23.4 Å². The Morgan fingerprint density at radius 3 is 2.55 bits per heavy atom. The normalized spacial score (nSPS) is 11.5. The number of carbonyl (C=O) groups excluding carboxylic acids is 2. The predicted octanol–water partition coefficient (Wildman–Crippen LogP) is 2.16. The van der Waals surface area contributed by atoms with Gasteiger partial charge in [0.1, 0.15) is 0 Å². The molecule has 0 aliphatic heterocycles. The van der Waals surface area contributed by atoms with Gasteiger partial charge in [-0.15, -0.1) is 5.10 Å². The van der Waals surface area contributed by atoms with Gasteiger partial charge in [0, 0.05) is 17.8 Å². The molecule has 11 heteroatoms. The third-order valence-corrected chi connectivity index (χ3v) is 4.07. The molecule has 148 valence electrons. The fraction of sp³-hybridized carbons (Fsp3) is 0.111. The molecular formula is C18H17N7O4. The van der Waals surface area contributed by atoms with Crippen molar-refractivity contribution < 1.29 is 14.5 Å². The second-order valence-corrected chi connectivity index (χ2v) is 6.13. The summed E-state index contributed by atoms with van der Waals surface area (Å²) in [6.45, 7) is 1.79. The third-order valence-electron chi connectivity index (χ3n) is 4.07. The zero-order valence-electron chi connectivity index (χ0n) is 15.3. The van der Waals surface area contributed by atoms with Crippen molar-refractivity contribution >= 4 is 23.3 Å². The van der Waals surface area contributed by atoms with Gasteiger partial charge in [-0.25, -0.2) is 9.48 Å². The van der Waals surface area contributed by atoms with Crippen LogP contribution in [0.4, 0.5) is 16.2 Å². The molecule has 29 heavy (non-hydrogen) atoms. The number of aromatic nitrogens is 3. The summed E-state index contributed by atoms with van der Waals surface area (Å²) in [5.41, 5.74) is 6.91. The van der Waals surface area contributed by atoms with E-state index in [1.54, 1.807) is 37.3 Å². The molecule has 0 unspecified atom stereocenters. The number of hydrogen-bond donors (Lipinski definition) is 3. The van der Waals surface area contributed by atoms with E-state index in [-0.39, 0.29) is 17.4 Å².